The summed E-state index contributed by atoms with van der Waals surface area (Å²) in [5.41, 5.74) is 0. The molecule has 1 aliphatic heterocycles. The van der Waals surface area contributed by atoms with Crippen molar-refractivity contribution in [3.05, 3.63) is 24.3 Å². The standard InChI is InChI=1S/C15H22O2/c1-3-4-5-6-9-12-15(2)16-13-10-7-8-11-14(13)17-15/h7-8,10-11H,3-6,9,12H2,1-2H3. The Balaban J connectivity index is 1.79. The molecule has 0 fully saturated rings. The summed E-state index contributed by atoms with van der Waals surface area (Å²) in [6.07, 6.45) is 7.34. The molecule has 0 N–H and O–H groups in total. The van der Waals surface area contributed by atoms with E-state index >= 15 is 0 Å². The third kappa shape index (κ3) is 3.15. The van der Waals surface area contributed by atoms with Crippen molar-refractivity contribution in [3.8, 4) is 11.5 Å². The lowest BCUT2D eigenvalue weighted by molar-refractivity contribution is -0.0696. The quantitative estimate of drug-likeness (QED) is 0.673. The molecule has 0 unspecified atom stereocenters. The van der Waals surface area contributed by atoms with Gasteiger partial charge >= 0.3 is 0 Å². The zero-order valence-corrected chi connectivity index (χ0v) is 10.9. The molecule has 1 heterocycles. The van der Waals surface area contributed by atoms with E-state index in [4.69, 9.17) is 9.47 Å². The van der Waals surface area contributed by atoms with Crippen molar-refractivity contribution >= 4 is 0 Å². The molecular formula is C15H22O2. The van der Waals surface area contributed by atoms with Gasteiger partial charge in [0, 0.05) is 13.3 Å². The van der Waals surface area contributed by atoms with Crippen LogP contribution in [0.4, 0.5) is 0 Å². The topological polar surface area (TPSA) is 18.5 Å². The minimum absolute atomic E-state index is 0.449. The van der Waals surface area contributed by atoms with Gasteiger partial charge in [-0.05, 0) is 18.6 Å². The summed E-state index contributed by atoms with van der Waals surface area (Å²) in [6.45, 7) is 4.27. The van der Waals surface area contributed by atoms with E-state index < -0.39 is 5.79 Å². The summed E-state index contributed by atoms with van der Waals surface area (Å²) in [6, 6.07) is 7.90. The lowest BCUT2D eigenvalue weighted by Gasteiger charge is -2.22. The maximum Gasteiger partial charge on any atom is 0.248 e. The van der Waals surface area contributed by atoms with Gasteiger partial charge in [-0.3, -0.25) is 0 Å². The van der Waals surface area contributed by atoms with E-state index in [0.29, 0.717) is 0 Å². The first-order valence-corrected chi connectivity index (χ1v) is 6.70. The molecule has 0 spiro atoms. The SMILES string of the molecule is CCCCCCCC1(C)Oc2ccccc2O1. The zero-order valence-electron chi connectivity index (χ0n) is 10.9. The smallest absolute Gasteiger partial charge is 0.248 e. The highest BCUT2D eigenvalue weighted by atomic mass is 16.7. The van der Waals surface area contributed by atoms with Gasteiger partial charge in [-0.15, -0.1) is 0 Å². The van der Waals surface area contributed by atoms with E-state index in [1.165, 1.54) is 32.1 Å². The van der Waals surface area contributed by atoms with Crippen molar-refractivity contribution in [2.24, 2.45) is 0 Å². The number of benzene rings is 1. The van der Waals surface area contributed by atoms with Crippen molar-refractivity contribution in [1.82, 2.24) is 0 Å². The van der Waals surface area contributed by atoms with Crippen LogP contribution >= 0.6 is 0 Å². The minimum atomic E-state index is -0.449. The van der Waals surface area contributed by atoms with Crippen LogP contribution in [0, 0.1) is 0 Å². The maximum absolute atomic E-state index is 5.88. The second-order valence-electron chi connectivity index (χ2n) is 4.95. The molecule has 0 aromatic heterocycles. The summed E-state index contributed by atoms with van der Waals surface area (Å²) in [5, 5.41) is 0. The van der Waals surface area contributed by atoms with Crippen LogP contribution in [-0.2, 0) is 0 Å². The van der Waals surface area contributed by atoms with Crippen molar-refractivity contribution in [3.63, 3.8) is 0 Å². The van der Waals surface area contributed by atoms with Gasteiger partial charge in [0.15, 0.2) is 11.5 Å². The normalized spacial score (nSPS) is 16.1. The van der Waals surface area contributed by atoms with Gasteiger partial charge in [0.1, 0.15) is 0 Å². The van der Waals surface area contributed by atoms with Gasteiger partial charge < -0.3 is 9.47 Å². The molecule has 2 nitrogen and oxygen atoms in total. The molecule has 94 valence electrons. The van der Waals surface area contributed by atoms with Crippen LogP contribution in [0.1, 0.15) is 52.4 Å². The Morgan fingerprint density at radius 3 is 2.12 bits per heavy atom. The highest BCUT2D eigenvalue weighted by Crippen LogP contribution is 2.40. The molecule has 0 saturated heterocycles. The van der Waals surface area contributed by atoms with Crippen molar-refractivity contribution in [2.75, 3.05) is 0 Å². The predicted octanol–water partition coefficient (Wildman–Crippen LogP) is 4.53. The van der Waals surface area contributed by atoms with E-state index in [1.54, 1.807) is 0 Å². The summed E-state index contributed by atoms with van der Waals surface area (Å²) in [7, 11) is 0. The van der Waals surface area contributed by atoms with Crippen molar-refractivity contribution in [1.29, 1.82) is 0 Å². The Hall–Kier alpha value is -1.18. The number of ether oxygens (including phenoxy) is 2. The van der Waals surface area contributed by atoms with Gasteiger partial charge in [-0.25, -0.2) is 0 Å². The fourth-order valence-electron chi connectivity index (χ4n) is 2.26. The van der Waals surface area contributed by atoms with Crippen LogP contribution in [-0.4, -0.2) is 5.79 Å². The molecule has 1 aromatic carbocycles. The van der Waals surface area contributed by atoms with E-state index in [1.807, 2.05) is 31.2 Å². The zero-order chi connectivity index (χ0) is 12.1. The number of hydrogen-bond acceptors (Lipinski definition) is 2. The lowest BCUT2D eigenvalue weighted by Crippen LogP contribution is -2.34. The minimum Gasteiger partial charge on any atom is -0.449 e. The number of unbranched alkanes of at least 4 members (excludes halogenated alkanes) is 4. The molecule has 1 aromatic rings. The molecular weight excluding hydrogens is 212 g/mol. The molecule has 0 saturated carbocycles. The van der Waals surface area contributed by atoms with Crippen molar-refractivity contribution in [2.45, 2.75) is 58.2 Å². The average Bonchev–Trinajstić information content (AvgIpc) is 2.65. The Morgan fingerprint density at radius 1 is 0.941 bits per heavy atom. The highest BCUT2D eigenvalue weighted by Gasteiger charge is 2.35. The average molecular weight is 234 g/mol. The second kappa shape index (κ2) is 5.44. The van der Waals surface area contributed by atoms with E-state index in [0.717, 1.165) is 17.9 Å². The molecule has 0 aliphatic carbocycles. The summed E-state index contributed by atoms with van der Waals surface area (Å²) in [4.78, 5) is 0. The first-order valence-electron chi connectivity index (χ1n) is 6.70. The fraction of sp³-hybridized carbons (Fsp3) is 0.600. The first kappa shape index (κ1) is 12.3. The summed E-state index contributed by atoms with van der Waals surface area (Å²) < 4.78 is 11.8. The highest BCUT2D eigenvalue weighted by molar-refractivity contribution is 5.42. The third-order valence-corrected chi connectivity index (χ3v) is 3.24. The number of rotatable bonds is 6. The molecule has 0 radical (unpaired) electrons. The number of fused-ring (bicyclic) bond motifs is 1. The molecule has 17 heavy (non-hydrogen) atoms. The predicted molar refractivity (Wildman–Crippen MR) is 69.5 cm³/mol. The largest absolute Gasteiger partial charge is 0.449 e. The first-order chi connectivity index (χ1) is 8.23. The lowest BCUT2D eigenvalue weighted by atomic mass is 10.1. The maximum atomic E-state index is 5.88. The van der Waals surface area contributed by atoms with Gasteiger partial charge in [0.2, 0.25) is 5.79 Å². The summed E-state index contributed by atoms with van der Waals surface area (Å²) >= 11 is 0. The van der Waals surface area contributed by atoms with Gasteiger partial charge in [0.25, 0.3) is 0 Å². The van der Waals surface area contributed by atoms with Crippen LogP contribution in [0.5, 0.6) is 11.5 Å². The molecule has 2 rings (SSSR count). The fourth-order valence-corrected chi connectivity index (χ4v) is 2.26. The third-order valence-electron chi connectivity index (χ3n) is 3.24. The van der Waals surface area contributed by atoms with Crippen LogP contribution in [0.3, 0.4) is 0 Å². The van der Waals surface area contributed by atoms with Crippen LogP contribution in [0.25, 0.3) is 0 Å². The molecule has 1 aliphatic rings. The monoisotopic (exact) mass is 234 g/mol. The van der Waals surface area contributed by atoms with Gasteiger partial charge in [-0.1, -0.05) is 44.7 Å². The number of para-hydroxylation sites is 2. The van der Waals surface area contributed by atoms with E-state index in [9.17, 15) is 0 Å². The van der Waals surface area contributed by atoms with E-state index in [2.05, 4.69) is 6.92 Å². The Bertz CT molecular complexity index is 335. The van der Waals surface area contributed by atoms with E-state index in [-0.39, 0.29) is 0 Å². The van der Waals surface area contributed by atoms with Crippen LogP contribution in [0.15, 0.2) is 24.3 Å². The second-order valence-corrected chi connectivity index (χ2v) is 4.95. The van der Waals surface area contributed by atoms with Gasteiger partial charge in [0.05, 0.1) is 0 Å². The Morgan fingerprint density at radius 2 is 1.53 bits per heavy atom. The molecule has 0 bridgehead atoms. The summed E-state index contributed by atoms with van der Waals surface area (Å²) in [5.74, 6) is 1.31. The Labute approximate surface area is 104 Å². The Kier molecular flexibility index (Phi) is 3.93. The van der Waals surface area contributed by atoms with Crippen LogP contribution in [0.2, 0.25) is 0 Å². The number of hydrogen-bond donors (Lipinski definition) is 0. The van der Waals surface area contributed by atoms with Crippen molar-refractivity contribution < 1.29 is 9.47 Å². The molecule has 0 atom stereocenters. The van der Waals surface area contributed by atoms with Gasteiger partial charge in [-0.2, -0.15) is 0 Å². The molecule has 0 amide bonds. The van der Waals surface area contributed by atoms with Crippen LogP contribution < -0.4 is 9.47 Å². The molecule has 2 heteroatoms.